The maximum absolute atomic E-state index is 12.4. The fourth-order valence-corrected chi connectivity index (χ4v) is 3.66. The maximum atomic E-state index is 12.4. The minimum atomic E-state index is -0.137. The molecule has 1 fully saturated rings. The van der Waals surface area contributed by atoms with Gasteiger partial charge in [0.25, 0.3) is 5.56 Å². The molecule has 0 radical (unpaired) electrons. The van der Waals surface area contributed by atoms with Crippen molar-refractivity contribution in [1.29, 1.82) is 0 Å². The molecule has 7 heteroatoms. The zero-order valence-electron chi connectivity index (χ0n) is 15.0. The Labute approximate surface area is 151 Å². The van der Waals surface area contributed by atoms with Crippen LogP contribution in [0, 0.1) is 5.92 Å². The zero-order valence-corrected chi connectivity index (χ0v) is 15.0. The number of aromatic amines is 1. The third-order valence-electron chi connectivity index (χ3n) is 5.15. The van der Waals surface area contributed by atoms with Crippen molar-refractivity contribution in [3.63, 3.8) is 0 Å². The lowest BCUT2D eigenvalue weighted by atomic mass is 9.92. The molecule has 3 heterocycles. The molecule has 2 N–H and O–H groups in total. The Balaban J connectivity index is 1.65. The van der Waals surface area contributed by atoms with Crippen molar-refractivity contribution in [1.82, 2.24) is 19.7 Å². The first-order valence-electron chi connectivity index (χ1n) is 8.95. The van der Waals surface area contributed by atoms with Gasteiger partial charge < -0.3 is 10.0 Å². The SMILES string of the molecule is CC(C)n1cc([C@@H]2CN(c3nc4ccccc4c(=O)[nH]3)C[C@H]2CO)cn1. The molecule has 0 bridgehead atoms. The normalized spacial score (nSPS) is 20.4. The number of hydrogen-bond acceptors (Lipinski definition) is 5. The summed E-state index contributed by atoms with van der Waals surface area (Å²) >= 11 is 0. The van der Waals surface area contributed by atoms with Crippen molar-refractivity contribution < 1.29 is 5.11 Å². The predicted octanol–water partition coefficient (Wildman–Crippen LogP) is 1.91. The van der Waals surface area contributed by atoms with E-state index in [9.17, 15) is 9.90 Å². The van der Waals surface area contributed by atoms with Gasteiger partial charge in [0.1, 0.15) is 0 Å². The Morgan fingerprint density at radius 2 is 2.12 bits per heavy atom. The van der Waals surface area contributed by atoms with Crippen LogP contribution in [-0.2, 0) is 0 Å². The molecule has 1 saturated heterocycles. The van der Waals surface area contributed by atoms with E-state index in [4.69, 9.17) is 0 Å². The van der Waals surface area contributed by atoms with Crippen LogP contribution in [0.5, 0.6) is 0 Å². The molecule has 1 aliphatic heterocycles. The Hall–Kier alpha value is -2.67. The van der Waals surface area contributed by atoms with Gasteiger partial charge in [0.2, 0.25) is 5.95 Å². The Kier molecular flexibility index (Phi) is 4.24. The van der Waals surface area contributed by atoms with Gasteiger partial charge in [0.15, 0.2) is 0 Å². The van der Waals surface area contributed by atoms with Gasteiger partial charge in [-0.2, -0.15) is 5.10 Å². The second kappa shape index (κ2) is 6.57. The number of nitrogens with zero attached hydrogens (tertiary/aromatic N) is 4. The lowest BCUT2D eigenvalue weighted by Gasteiger charge is -2.17. The molecule has 3 aromatic rings. The van der Waals surface area contributed by atoms with Gasteiger partial charge in [-0.05, 0) is 31.5 Å². The van der Waals surface area contributed by atoms with Crippen LogP contribution >= 0.6 is 0 Å². The highest BCUT2D eigenvalue weighted by Crippen LogP contribution is 2.34. The van der Waals surface area contributed by atoms with E-state index in [1.165, 1.54) is 0 Å². The molecule has 4 rings (SSSR count). The van der Waals surface area contributed by atoms with Gasteiger partial charge in [0.05, 0.1) is 17.1 Å². The van der Waals surface area contributed by atoms with Gasteiger partial charge in [-0.3, -0.25) is 14.5 Å². The number of aliphatic hydroxyl groups excluding tert-OH is 1. The summed E-state index contributed by atoms with van der Waals surface area (Å²) < 4.78 is 1.93. The molecular weight excluding hydrogens is 330 g/mol. The summed E-state index contributed by atoms with van der Waals surface area (Å²) in [5.41, 5.74) is 1.66. The summed E-state index contributed by atoms with van der Waals surface area (Å²) in [6.07, 6.45) is 3.94. The number of aliphatic hydroxyl groups is 1. The highest BCUT2D eigenvalue weighted by Gasteiger charge is 2.35. The summed E-state index contributed by atoms with van der Waals surface area (Å²) in [4.78, 5) is 21.9. The van der Waals surface area contributed by atoms with Crippen LogP contribution in [0.15, 0.2) is 41.5 Å². The van der Waals surface area contributed by atoms with Crippen molar-refractivity contribution in [2.24, 2.45) is 5.92 Å². The molecule has 7 nitrogen and oxygen atoms in total. The quantitative estimate of drug-likeness (QED) is 0.748. The lowest BCUT2D eigenvalue weighted by molar-refractivity contribution is 0.227. The average molecular weight is 353 g/mol. The van der Waals surface area contributed by atoms with Gasteiger partial charge in [-0.25, -0.2) is 4.98 Å². The number of para-hydroxylation sites is 1. The summed E-state index contributed by atoms with van der Waals surface area (Å²) in [5, 5.41) is 14.9. The molecule has 2 atom stereocenters. The summed E-state index contributed by atoms with van der Waals surface area (Å²) in [7, 11) is 0. The van der Waals surface area contributed by atoms with Crippen molar-refractivity contribution in [3.8, 4) is 0 Å². The molecule has 0 saturated carbocycles. The molecular formula is C19H23N5O2. The second-order valence-electron chi connectivity index (χ2n) is 7.21. The van der Waals surface area contributed by atoms with E-state index in [-0.39, 0.29) is 24.0 Å². The summed E-state index contributed by atoms with van der Waals surface area (Å²) in [5.74, 6) is 0.798. The number of rotatable bonds is 4. The molecule has 0 unspecified atom stereocenters. The van der Waals surface area contributed by atoms with E-state index < -0.39 is 0 Å². The summed E-state index contributed by atoms with van der Waals surface area (Å²) in [6, 6.07) is 7.63. The van der Waals surface area contributed by atoms with Crippen molar-refractivity contribution in [2.75, 3.05) is 24.6 Å². The fraction of sp³-hybridized carbons (Fsp3) is 0.421. The largest absolute Gasteiger partial charge is 0.396 e. The topological polar surface area (TPSA) is 87.0 Å². The number of benzene rings is 1. The minimum Gasteiger partial charge on any atom is -0.396 e. The highest BCUT2D eigenvalue weighted by atomic mass is 16.3. The van der Waals surface area contributed by atoms with Gasteiger partial charge in [-0.15, -0.1) is 0 Å². The smallest absolute Gasteiger partial charge is 0.260 e. The molecule has 1 aliphatic rings. The average Bonchev–Trinajstić information content (AvgIpc) is 3.28. The van der Waals surface area contributed by atoms with E-state index in [0.717, 1.165) is 5.56 Å². The number of aromatic nitrogens is 4. The van der Waals surface area contributed by atoms with Gasteiger partial charge in [0, 0.05) is 43.8 Å². The van der Waals surface area contributed by atoms with Crippen LogP contribution in [0.1, 0.15) is 31.4 Å². The second-order valence-corrected chi connectivity index (χ2v) is 7.21. The Morgan fingerprint density at radius 1 is 1.31 bits per heavy atom. The van der Waals surface area contributed by atoms with E-state index in [1.54, 1.807) is 6.07 Å². The number of nitrogens with one attached hydrogen (secondary N) is 1. The van der Waals surface area contributed by atoms with Crippen molar-refractivity contribution in [2.45, 2.75) is 25.8 Å². The Morgan fingerprint density at radius 3 is 2.85 bits per heavy atom. The van der Waals surface area contributed by atoms with Crippen molar-refractivity contribution >= 4 is 16.9 Å². The number of H-pyrrole nitrogens is 1. The molecule has 136 valence electrons. The zero-order chi connectivity index (χ0) is 18.3. The molecule has 2 aromatic heterocycles. The summed E-state index contributed by atoms with van der Waals surface area (Å²) in [6.45, 7) is 5.60. The van der Waals surface area contributed by atoms with E-state index in [0.29, 0.717) is 36.0 Å². The molecule has 1 aromatic carbocycles. The molecule has 26 heavy (non-hydrogen) atoms. The first-order valence-corrected chi connectivity index (χ1v) is 8.95. The predicted molar refractivity (Wildman–Crippen MR) is 101 cm³/mol. The first kappa shape index (κ1) is 16.8. The minimum absolute atomic E-state index is 0.0802. The third-order valence-corrected chi connectivity index (χ3v) is 5.15. The molecule has 0 amide bonds. The molecule has 0 spiro atoms. The van der Waals surface area contributed by atoms with Crippen LogP contribution in [0.4, 0.5) is 5.95 Å². The van der Waals surface area contributed by atoms with Crippen LogP contribution < -0.4 is 10.5 Å². The fourth-order valence-electron chi connectivity index (χ4n) is 3.66. The maximum Gasteiger partial charge on any atom is 0.260 e. The highest BCUT2D eigenvalue weighted by molar-refractivity contribution is 5.78. The van der Waals surface area contributed by atoms with Crippen molar-refractivity contribution in [3.05, 3.63) is 52.6 Å². The van der Waals surface area contributed by atoms with E-state index >= 15 is 0 Å². The van der Waals surface area contributed by atoms with Crippen LogP contribution in [-0.4, -0.2) is 44.6 Å². The van der Waals surface area contributed by atoms with Crippen LogP contribution in [0.3, 0.4) is 0 Å². The third kappa shape index (κ3) is 2.88. The Bertz CT molecular complexity index is 977. The monoisotopic (exact) mass is 353 g/mol. The molecule has 0 aliphatic carbocycles. The number of anilines is 1. The van der Waals surface area contributed by atoms with Gasteiger partial charge >= 0.3 is 0 Å². The van der Waals surface area contributed by atoms with Crippen LogP contribution in [0.2, 0.25) is 0 Å². The van der Waals surface area contributed by atoms with Crippen LogP contribution in [0.25, 0.3) is 10.9 Å². The lowest BCUT2D eigenvalue weighted by Crippen LogP contribution is -2.25. The van der Waals surface area contributed by atoms with E-state index in [2.05, 4.69) is 35.1 Å². The van der Waals surface area contributed by atoms with E-state index in [1.807, 2.05) is 34.0 Å². The first-order chi connectivity index (χ1) is 12.6. The standard InChI is InChI=1S/C19H23N5O2/c1-12(2)24-9-13(7-20-24)16-10-23(8-14(16)11-25)19-21-17-6-4-3-5-15(17)18(26)22-19/h3-7,9,12,14,16,25H,8,10-11H2,1-2H3,(H,21,22,26)/t14-,16-/m0/s1. The van der Waals surface area contributed by atoms with Gasteiger partial charge in [-0.1, -0.05) is 12.1 Å². The number of fused-ring (bicyclic) bond motifs is 1. The number of hydrogen-bond donors (Lipinski definition) is 2.